The second kappa shape index (κ2) is 2.96. The van der Waals surface area contributed by atoms with E-state index in [1.54, 1.807) is 0 Å². The van der Waals surface area contributed by atoms with E-state index in [4.69, 9.17) is 9.47 Å². The Balaban J connectivity index is 2.23. The summed E-state index contributed by atoms with van der Waals surface area (Å²) in [6.07, 6.45) is 2.74. The zero-order chi connectivity index (χ0) is 10.6. The summed E-state index contributed by atoms with van der Waals surface area (Å²) in [5.74, 6) is 1.50. The molecule has 0 saturated heterocycles. The number of methoxy groups -OCH3 is 2. The molecule has 0 N–H and O–H groups in total. The molecule has 14 heavy (non-hydrogen) atoms. The van der Waals surface area contributed by atoms with Gasteiger partial charge in [-0.3, -0.25) is 0 Å². The molecule has 3 fully saturated rings. The van der Waals surface area contributed by atoms with Crippen LogP contribution >= 0.6 is 0 Å². The quantitative estimate of drug-likeness (QED) is 0.678. The number of fused-ring (bicyclic) bond motifs is 2. The molecule has 3 aliphatic carbocycles. The van der Waals surface area contributed by atoms with Gasteiger partial charge in [0.15, 0.2) is 0 Å². The van der Waals surface area contributed by atoms with Crippen LogP contribution in [0, 0.1) is 17.3 Å². The maximum atomic E-state index is 5.66. The fourth-order valence-electron chi connectivity index (χ4n) is 3.56. The van der Waals surface area contributed by atoms with Gasteiger partial charge < -0.3 is 9.47 Å². The molecule has 3 rings (SSSR count). The molecule has 2 heteroatoms. The van der Waals surface area contributed by atoms with Crippen molar-refractivity contribution in [1.82, 2.24) is 0 Å². The minimum atomic E-state index is -0.0577. The van der Waals surface area contributed by atoms with Crippen molar-refractivity contribution in [2.75, 3.05) is 14.2 Å². The van der Waals surface area contributed by atoms with Crippen LogP contribution in [0.25, 0.3) is 0 Å². The molecule has 0 spiro atoms. The molecule has 0 aromatic heterocycles. The van der Waals surface area contributed by atoms with E-state index >= 15 is 0 Å². The SMILES string of the molecule is COC1C2CC(C[C@]1(C)OC)C2(C)C. The van der Waals surface area contributed by atoms with Crippen molar-refractivity contribution in [3.8, 4) is 0 Å². The zero-order valence-electron chi connectivity index (χ0n) is 9.96. The highest BCUT2D eigenvalue weighted by Gasteiger charge is 2.62. The minimum Gasteiger partial charge on any atom is -0.378 e. The van der Waals surface area contributed by atoms with Gasteiger partial charge in [0, 0.05) is 14.2 Å². The van der Waals surface area contributed by atoms with Gasteiger partial charge >= 0.3 is 0 Å². The molecule has 0 aliphatic heterocycles. The van der Waals surface area contributed by atoms with Gasteiger partial charge in [-0.2, -0.15) is 0 Å². The minimum absolute atomic E-state index is 0.0577. The molecule has 3 aliphatic rings. The topological polar surface area (TPSA) is 18.5 Å². The van der Waals surface area contributed by atoms with Gasteiger partial charge in [-0.05, 0) is 37.0 Å². The van der Waals surface area contributed by atoms with E-state index < -0.39 is 0 Å². The summed E-state index contributed by atoms with van der Waals surface area (Å²) in [6, 6.07) is 0. The molecule has 4 atom stereocenters. The largest absolute Gasteiger partial charge is 0.378 e. The fourth-order valence-corrected chi connectivity index (χ4v) is 3.56. The Bertz CT molecular complexity index is 236. The Labute approximate surface area is 87.0 Å². The molecule has 0 aromatic carbocycles. The van der Waals surface area contributed by atoms with Gasteiger partial charge in [-0.15, -0.1) is 0 Å². The number of hydrogen-bond donors (Lipinski definition) is 0. The molecular weight excluding hydrogens is 176 g/mol. The van der Waals surface area contributed by atoms with E-state index in [1.807, 2.05) is 14.2 Å². The molecule has 0 heterocycles. The number of rotatable bonds is 2. The predicted molar refractivity (Wildman–Crippen MR) is 56.2 cm³/mol. The molecule has 3 unspecified atom stereocenters. The summed E-state index contributed by atoms with van der Waals surface area (Å²) >= 11 is 0. The number of ether oxygens (including phenoxy) is 2. The summed E-state index contributed by atoms with van der Waals surface area (Å²) in [4.78, 5) is 0. The Morgan fingerprint density at radius 1 is 1.14 bits per heavy atom. The van der Waals surface area contributed by atoms with E-state index in [0.717, 1.165) is 12.3 Å². The molecule has 0 radical (unpaired) electrons. The first kappa shape index (κ1) is 10.4. The van der Waals surface area contributed by atoms with Crippen LogP contribution in [0.3, 0.4) is 0 Å². The van der Waals surface area contributed by atoms with Gasteiger partial charge in [0.25, 0.3) is 0 Å². The average Bonchev–Trinajstić information content (AvgIpc) is 2.17. The highest BCUT2D eigenvalue weighted by atomic mass is 16.5. The average molecular weight is 198 g/mol. The van der Waals surface area contributed by atoms with Crippen LogP contribution < -0.4 is 0 Å². The normalized spacial score (nSPS) is 49.9. The van der Waals surface area contributed by atoms with Crippen molar-refractivity contribution in [1.29, 1.82) is 0 Å². The van der Waals surface area contributed by atoms with Crippen LogP contribution in [0.4, 0.5) is 0 Å². The van der Waals surface area contributed by atoms with Crippen LogP contribution in [0.1, 0.15) is 33.6 Å². The first-order chi connectivity index (χ1) is 6.45. The van der Waals surface area contributed by atoms with Crippen molar-refractivity contribution in [3.05, 3.63) is 0 Å². The lowest BCUT2D eigenvalue weighted by atomic mass is 9.44. The molecule has 0 amide bonds. The second-order valence-corrected chi connectivity index (χ2v) is 5.74. The van der Waals surface area contributed by atoms with Crippen LogP contribution in [-0.4, -0.2) is 25.9 Å². The Morgan fingerprint density at radius 3 is 2.21 bits per heavy atom. The van der Waals surface area contributed by atoms with Gasteiger partial charge in [-0.25, -0.2) is 0 Å². The second-order valence-electron chi connectivity index (χ2n) is 5.74. The predicted octanol–water partition coefficient (Wildman–Crippen LogP) is 2.47. The summed E-state index contributed by atoms with van der Waals surface area (Å²) in [5.41, 5.74) is 0.399. The lowest BCUT2D eigenvalue weighted by Gasteiger charge is -2.64. The van der Waals surface area contributed by atoms with Crippen molar-refractivity contribution < 1.29 is 9.47 Å². The van der Waals surface area contributed by atoms with Crippen molar-refractivity contribution in [2.45, 2.75) is 45.3 Å². The summed E-state index contributed by atoms with van der Waals surface area (Å²) < 4.78 is 11.3. The first-order valence-corrected chi connectivity index (χ1v) is 5.53. The molecular formula is C12H22O2. The van der Waals surface area contributed by atoms with Gasteiger partial charge in [0.2, 0.25) is 0 Å². The number of hydrogen-bond acceptors (Lipinski definition) is 2. The van der Waals surface area contributed by atoms with E-state index in [-0.39, 0.29) is 11.7 Å². The third-order valence-electron chi connectivity index (χ3n) is 4.89. The van der Waals surface area contributed by atoms with E-state index in [1.165, 1.54) is 6.42 Å². The van der Waals surface area contributed by atoms with Crippen LogP contribution in [0.2, 0.25) is 0 Å². The summed E-state index contributed by atoms with van der Waals surface area (Å²) in [5, 5.41) is 0. The van der Waals surface area contributed by atoms with E-state index in [2.05, 4.69) is 20.8 Å². The highest BCUT2D eigenvalue weighted by molar-refractivity contribution is 5.12. The fraction of sp³-hybridized carbons (Fsp3) is 1.00. The molecule has 3 saturated carbocycles. The van der Waals surface area contributed by atoms with Crippen LogP contribution in [0.5, 0.6) is 0 Å². The third-order valence-corrected chi connectivity index (χ3v) is 4.89. The standard InChI is InChI=1S/C12H22O2/c1-11(2)8-6-9(11)10(13-4)12(3,7-8)14-5/h8-10H,6-7H2,1-5H3/t8?,9?,10?,12-/m0/s1. The summed E-state index contributed by atoms with van der Waals surface area (Å²) in [6.45, 7) is 6.93. The first-order valence-electron chi connectivity index (χ1n) is 5.53. The maximum absolute atomic E-state index is 5.66. The van der Waals surface area contributed by atoms with Crippen LogP contribution in [-0.2, 0) is 9.47 Å². The maximum Gasteiger partial charge on any atom is 0.0916 e. The van der Waals surface area contributed by atoms with Gasteiger partial charge in [-0.1, -0.05) is 13.8 Å². The van der Waals surface area contributed by atoms with Crippen molar-refractivity contribution in [2.24, 2.45) is 17.3 Å². The Hall–Kier alpha value is -0.0800. The monoisotopic (exact) mass is 198 g/mol. The molecule has 0 aromatic rings. The highest BCUT2D eigenvalue weighted by Crippen LogP contribution is 2.62. The van der Waals surface area contributed by atoms with Gasteiger partial charge in [0.1, 0.15) is 0 Å². The van der Waals surface area contributed by atoms with E-state index in [9.17, 15) is 0 Å². The van der Waals surface area contributed by atoms with Crippen LogP contribution in [0.15, 0.2) is 0 Å². The van der Waals surface area contributed by atoms with E-state index in [0.29, 0.717) is 11.3 Å². The van der Waals surface area contributed by atoms with Crippen molar-refractivity contribution >= 4 is 0 Å². The Morgan fingerprint density at radius 2 is 1.79 bits per heavy atom. The smallest absolute Gasteiger partial charge is 0.0916 e. The molecule has 2 bridgehead atoms. The summed E-state index contributed by atoms with van der Waals surface area (Å²) in [7, 11) is 3.63. The lowest BCUT2D eigenvalue weighted by Crippen LogP contribution is -2.66. The van der Waals surface area contributed by atoms with Crippen molar-refractivity contribution in [3.63, 3.8) is 0 Å². The Kier molecular flexibility index (Phi) is 2.20. The molecule has 2 nitrogen and oxygen atoms in total. The van der Waals surface area contributed by atoms with Gasteiger partial charge in [0.05, 0.1) is 11.7 Å². The zero-order valence-corrected chi connectivity index (χ0v) is 9.96. The molecule has 82 valence electrons. The third kappa shape index (κ3) is 1.10. The lowest BCUT2D eigenvalue weighted by molar-refractivity contribution is -0.251.